The molecule has 0 fully saturated rings. The Balaban J connectivity index is 2.10. The molecular formula is C25H26BrN3O5. The number of carboxylic acids is 1. The molecule has 0 aliphatic carbocycles. The summed E-state index contributed by atoms with van der Waals surface area (Å²) in [5.74, 6) is 0.186. The van der Waals surface area contributed by atoms with Crippen molar-refractivity contribution in [1.82, 2.24) is 9.66 Å². The van der Waals surface area contributed by atoms with Crippen molar-refractivity contribution >= 4 is 39.0 Å². The number of rotatable bonds is 11. The number of ether oxygens (including phenoxy) is 2. The first-order valence-corrected chi connectivity index (χ1v) is 11.6. The third kappa shape index (κ3) is 5.91. The second-order valence-corrected chi connectivity index (χ2v) is 8.46. The molecule has 0 saturated heterocycles. The van der Waals surface area contributed by atoms with Gasteiger partial charge < -0.3 is 14.6 Å². The highest BCUT2D eigenvalue weighted by Gasteiger charge is 2.15. The number of aryl methyl sites for hydroxylation is 1. The summed E-state index contributed by atoms with van der Waals surface area (Å²) in [7, 11) is 1.47. The van der Waals surface area contributed by atoms with E-state index in [4.69, 9.17) is 14.6 Å². The largest absolute Gasteiger partial charge is 0.493 e. The Morgan fingerprint density at radius 2 is 2.12 bits per heavy atom. The van der Waals surface area contributed by atoms with E-state index in [0.717, 1.165) is 17.3 Å². The SMILES string of the molecule is C=CCc1cc(C=Nn2c(CCCC)nc3ccc(Br)cc3c2=O)cc(OC)c1OCC(=O)O. The number of allylic oxidation sites excluding steroid dienone is 1. The number of nitrogens with zero attached hydrogens (tertiary/aromatic N) is 3. The number of halogens is 1. The summed E-state index contributed by atoms with van der Waals surface area (Å²) >= 11 is 3.41. The van der Waals surface area contributed by atoms with Crippen LogP contribution in [0.15, 0.2) is 57.4 Å². The lowest BCUT2D eigenvalue weighted by molar-refractivity contribution is -0.139. The molecule has 178 valence electrons. The Hall–Kier alpha value is -3.46. The molecule has 0 unspecified atom stereocenters. The van der Waals surface area contributed by atoms with E-state index in [2.05, 4.69) is 39.5 Å². The van der Waals surface area contributed by atoms with Gasteiger partial charge in [-0.2, -0.15) is 9.78 Å². The van der Waals surface area contributed by atoms with Gasteiger partial charge in [-0.25, -0.2) is 9.78 Å². The number of carbonyl (C=O) groups is 1. The fourth-order valence-electron chi connectivity index (χ4n) is 3.45. The van der Waals surface area contributed by atoms with Gasteiger partial charge in [0.15, 0.2) is 18.1 Å². The monoisotopic (exact) mass is 527 g/mol. The molecular weight excluding hydrogens is 502 g/mol. The van der Waals surface area contributed by atoms with Crippen LogP contribution in [0.5, 0.6) is 11.5 Å². The minimum absolute atomic E-state index is 0.256. The molecule has 34 heavy (non-hydrogen) atoms. The van der Waals surface area contributed by atoms with E-state index in [1.807, 2.05) is 12.1 Å². The van der Waals surface area contributed by atoms with E-state index in [1.54, 1.807) is 30.5 Å². The van der Waals surface area contributed by atoms with Crippen LogP contribution < -0.4 is 15.0 Å². The lowest BCUT2D eigenvalue weighted by Crippen LogP contribution is -2.22. The fraction of sp³-hybridized carbons (Fsp3) is 0.280. The van der Waals surface area contributed by atoms with E-state index >= 15 is 0 Å². The summed E-state index contributed by atoms with van der Waals surface area (Å²) in [4.78, 5) is 28.9. The molecule has 0 aliphatic heterocycles. The average Bonchev–Trinajstić information content (AvgIpc) is 2.81. The summed E-state index contributed by atoms with van der Waals surface area (Å²) in [5, 5.41) is 13.9. The van der Waals surface area contributed by atoms with Crippen LogP contribution in [0.1, 0.15) is 36.7 Å². The van der Waals surface area contributed by atoms with Crippen LogP contribution in [0.3, 0.4) is 0 Å². The number of methoxy groups -OCH3 is 1. The third-order valence-corrected chi connectivity index (χ3v) is 5.52. The van der Waals surface area contributed by atoms with Gasteiger partial charge in [-0.3, -0.25) is 4.79 Å². The quantitative estimate of drug-likeness (QED) is 0.289. The van der Waals surface area contributed by atoms with E-state index in [0.29, 0.717) is 52.2 Å². The lowest BCUT2D eigenvalue weighted by atomic mass is 10.1. The minimum Gasteiger partial charge on any atom is -0.493 e. The molecule has 0 spiro atoms. The Morgan fingerprint density at radius 1 is 1.32 bits per heavy atom. The van der Waals surface area contributed by atoms with E-state index in [-0.39, 0.29) is 5.56 Å². The van der Waals surface area contributed by atoms with Crippen molar-refractivity contribution < 1.29 is 19.4 Å². The zero-order valence-corrected chi connectivity index (χ0v) is 20.7. The molecule has 1 N–H and O–H groups in total. The Kier molecular flexibility index (Phi) is 8.59. The first kappa shape index (κ1) is 25.2. The van der Waals surface area contributed by atoms with Gasteiger partial charge in [0.1, 0.15) is 5.82 Å². The van der Waals surface area contributed by atoms with Crippen LogP contribution in [-0.4, -0.2) is 40.7 Å². The first-order valence-electron chi connectivity index (χ1n) is 10.8. The van der Waals surface area contributed by atoms with Crippen molar-refractivity contribution in [1.29, 1.82) is 0 Å². The summed E-state index contributed by atoms with van der Waals surface area (Å²) < 4.78 is 13.0. The highest BCUT2D eigenvalue weighted by molar-refractivity contribution is 9.10. The molecule has 1 heterocycles. The van der Waals surface area contributed by atoms with Crippen LogP contribution >= 0.6 is 15.9 Å². The maximum atomic E-state index is 13.3. The number of hydrogen-bond donors (Lipinski definition) is 1. The summed E-state index contributed by atoms with van der Waals surface area (Å²) in [6.45, 7) is 5.33. The molecule has 0 amide bonds. The van der Waals surface area contributed by atoms with Crippen LogP contribution in [0, 0.1) is 0 Å². The highest BCUT2D eigenvalue weighted by Crippen LogP contribution is 2.33. The molecule has 1 aromatic heterocycles. The molecule has 2 aromatic carbocycles. The molecule has 3 rings (SSSR count). The zero-order valence-electron chi connectivity index (χ0n) is 19.1. The molecule has 0 radical (unpaired) electrons. The normalized spacial score (nSPS) is 11.1. The molecule has 9 heteroatoms. The maximum absolute atomic E-state index is 13.3. The number of aliphatic carboxylic acids is 1. The molecule has 0 bridgehead atoms. The number of fused-ring (bicyclic) bond motifs is 1. The van der Waals surface area contributed by atoms with Crippen molar-refractivity contribution in [2.45, 2.75) is 32.6 Å². The van der Waals surface area contributed by atoms with Crippen LogP contribution in [-0.2, 0) is 17.6 Å². The third-order valence-electron chi connectivity index (χ3n) is 5.03. The zero-order chi connectivity index (χ0) is 24.7. The Labute approximate surface area is 205 Å². The summed E-state index contributed by atoms with van der Waals surface area (Å²) in [5.41, 5.74) is 1.71. The smallest absolute Gasteiger partial charge is 0.341 e. The van der Waals surface area contributed by atoms with Gasteiger partial charge in [0.25, 0.3) is 5.56 Å². The van der Waals surface area contributed by atoms with Gasteiger partial charge in [0.2, 0.25) is 0 Å². The van der Waals surface area contributed by atoms with Gasteiger partial charge >= 0.3 is 5.97 Å². The Bertz CT molecular complexity index is 1300. The molecule has 0 saturated carbocycles. The van der Waals surface area contributed by atoms with Crippen molar-refractivity contribution in [3.8, 4) is 11.5 Å². The summed E-state index contributed by atoms with van der Waals surface area (Å²) in [6.07, 6.45) is 6.11. The molecule has 0 atom stereocenters. The number of aromatic nitrogens is 2. The van der Waals surface area contributed by atoms with E-state index in [1.165, 1.54) is 11.8 Å². The van der Waals surface area contributed by atoms with Crippen molar-refractivity contribution in [3.63, 3.8) is 0 Å². The Morgan fingerprint density at radius 3 is 2.79 bits per heavy atom. The number of benzene rings is 2. The van der Waals surface area contributed by atoms with Crippen LogP contribution in [0.25, 0.3) is 10.9 Å². The second kappa shape index (κ2) is 11.6. The first-order chi connectivity index (χ1) is 16.4. The molecule has 0 aliphatic rings. The van der Waals surface area contributed by atoms with Crippen LogP contribution in [0.4, 0.5) is 0 Å². The summed E-state index contributed by atoms with van der Waals surface area (Å²) in [6, 6.07) is 8.88. The van der Waals surface area contributed by atoms with Crippen molar-refractivity contribution in [2.24, 2.45) is 5.10 Å². The standard InChI is InChI=1S/C25H26BrN3O5/c1-4-6-8-22-28-20-10-9-18(26)13-19(20)25(32)29(22)27-14-16-11-17(7-5-2)24(21(12-16)33-3)34-15-23(30)31/h5,9-14H,2,4,6-8,15H2,1,3H3,(H,30,31). The van der Waals surface area contributed by atoms with Gasteiger partial charge in [0.05, 0.1) is 24.2 Å². The van der Waals surface area contributed by atoms with E-state index < -0.39 is 12.6 Å². The average molecular weight is 528 g/mol. The van der Waals surface area contributed by atoms with Gasteiger partial charge in [-0.1, -0.05) is 35.4 Å². The van der Waals surface area contributed by atoms with Gasteiger partial charge in [0, 0.05) is 16.5 Å². The lowest BCUT2D eigenvalue weighted by Gasteiger charge is -2.14. The predicted octanol–water partition coefficient (Wildman–Crippen LogP) is 4.58. The van der Waals surface area contributed by atoms with Crippen LogP contribution in [0.2, 0.25) is 0 Å². The predicted molar refractivity (Wildman–Crippen MR) is 135 cm³/mol. The van der Waals surface area contributed by atoms with Gasteiger partial charge in [-0.15, -0.1) is 6.58 Å². The molecule has 8 nitrogen and oxygen atoms in total. The molecule has 3 aromatic rings. The number of unbranched alkanes of at least 4 members (excludes halogenated alkanes) is 1. The number of carboxylic acid groups (broad SMARTS) is 1. The highest BCUT2D eigenvalue weighted by atomic mass is 79.9. The second-order valence-electron chi connectivity index (χ2n) is 7.54. The fourth-order valence-corrected chi connectivity index (χ4v) is 3.81. The van der Waals surface area contributed by atoms with Crippen molar-refractivity contribution in [3.05, 3.63) is 74.8 Å². The van der Waals surface area contributed by atoms with E-state index in [9.17, 15) is 9.59 Å². The number of hydrogen-bond acceptors (Lipinski definition) is 6. The minimum atomic E-state index is -1.09. The van der Waals surface area contributed by atoms with Crippen molar-refractivity contribution in [2.75, 3.05) is 13.7 Å². The van der Waals surface area contributed by atoms with Gasteiger partial charge in [-0.05, 0) is 48.7 Å². The topological polar surface area (TPSA) is 103 Å². The maximum Gasteiger partial charge on any atom is 0.341 e.